The van der Waals surface area contributed by atoms with Gasteiger partial charge in [-0.05, 0) is 36.4 Å². The van der Waals surface area contributed by atoms with Crippen LogP contribution in [0.5, 0.6) is 23.0 Å². The van der Waals surface area contributed by atoms with Crippen molar-refractivity contribution in [1.82, 2.24) is 14.8 Å². The van der Waals surface area contributed by atoms with Gasteiger partial charge in [0.1, 0.15) is 11.6 Å². The third kappa shape index (κ3) is 5.55. The number of ketones is 1. The minimum Gasteiger partial charge on any atom is -0.502 e. The first-order chi connectivity index (χ1) is 15.9. The number of ether oxygens (including phenoxy) is 3. The lowest BCUT2D eigenvalue weighted by atomic mass is 10.1. The largest absolute Gasteiger partial charge is 0.502 e. The Morgan fingerprint density at radius 2 is 1.76 bits per heavy atom. The highest BCUT2D eigenvalue weighted by molar-refractivity contribution is 7.99. The summed E-state index contributed by atoms with van der Waals surface area (Å²) in [5, 5.41) is 21.6. The van der Waals surface area contributed by atoms with Crippen LogP contribution in [0.25, 0.3) is 0 Å². The number of phenolic OH excluding ortho intramolecular Hbond substituents is 1. The zero-order chi connectivity index (χ0) is 24.0. The van der Waals surface area contributed by atoms with E-state index in [-0.39, 0.29) is 46.7 Å². The quantitative estimate of drug-likeness (QED) is 0.338. The minimum absolute atomic E-state index is 0.0181. The van der Waals surface area contributed by atoms with E-state index in [1.165, 1.54) is 38.1 Å². The summed E-state index contributed by atoms with van der Waals surface area (Å²) in [6.07, 6.45) is 0.0181. The van der Waals surface area contributed by atoms with Crippen molar-refractivity contribution < 1.29 is 28.9 Å². The van der Waals surface area contributed by atoms with Gasteiger partial charge in [-0.15, -0.1) is 10.2 Å². The number of carbonyl (C=O) groups excluding carboxylic acids is 2. The third-order valence-corrected chi connectivity index (χ3v) is 5.79. The minimum atomic E-state index is -0.267. The second-order valence-electron chi connectivity index (χ2n) is 6.82. The monoisotopic (exact) mass is 472 g/mol. The number of aromatic nitrogens is 3. The molecule has 1 amide bonds. The lowest BCUT2D eigenvalue weighted by molar-refractivity contribution is -0.115. The summed E-state index contributed by atoms with van der Waals surface area (Å²) in [5.74, 6) is 0.691. The van der Waals surface area contributed by atoms with E-state index in [4.69, 9.17) is 14.2 Å². The number of rotatable bonds is 10. The van der Waals surface area contributed by atoms with Crippen LogP contribution in [0.4, 0.5) is 5.69 Å². The predicted molar refractivity (Wildman–Crippen MR) is 123 cm³/mol. The summed E-state index contributed by atoms with van der Waals surface area (Å²) in [7, 11) is 6.07. The molecule has 33 heavy (non-hydrogen) atoms. The molecule has 11 heteroatoms. The highest BCUT2D eigenvalue weighted by atomic mass is 32.2. The van der Waals surface area contributed by atoms with Gasteiger partial charge in [-0.3, -0.25) is 9.59 Å². The normalized spacial score (nSPS) is 10.5. The molecule has 2 aromatic carbocycles. The van der Waals surface area contributed by atoms with Crippen LogP contribution in [0.15, 0.2) is 41.6 Å². The summed E-state index contributed by atoms with van der Waals surface area (Å²) in [6.45, 7) is 0. The Hall–Kier alpha value is -3.73. The average Bonchev–Trinajstić information content (AvgIpc) is 3.16. The Bertz CT molecular complexity index is 1150. The predicted octanol–water partition coefficient (Wildman–Crippen LogP) is 2.70. The maximum atomic E-state index is 12.7. The fraction of sp³-hybridized carbons (Fsp3) is 0.273. The van der Waals surface area contributed by atoms with Gasteiger partial charge >= 0.3 is 0 Å². The number of carbonyl (C=O) groups is 2. The molecule has 174 valence electrons. The molecular weight excluding hydrogens is 448 g/mol. The summed E-state index contributed by atoms with van der Waals surface area (Å²) >= 11 is 1.17. The smallest absolute Gasteiger partial charge is 0.232 e. The second-order valence-corrected chi connectivity index (χ2v) is 7.76. The second kappa shape index (κ2) is 10.7. The topological polar surface area (TPSA) is 125 Å². The van der Waals surface area contributed by atoms with Crippen LogP contribution in [0.2, 0.25) is 0 Å². The number of Topliss-reactive ketones (excluding diaryl/α,β-unsaturated/α-hetero) is 1. The molecule has 0 aliphatic heterocycles. The average molecular weight is 473 g/mol. The van der Waals surface area contributed by atoms with Crippen molar-refractivity contribution in [3.63, 3.8) is 0 Å². The Morgan fingerprint density at radius 3 is 2.39 bits per heavy atom. The lowest BCUT2D eigenvalue weighted by Gasteiger charge is -2.12. The van der Waals surface area contributed by atoms with E-state index >= 15 is 0 Å². The van der Waals surface area contributed by atoms with Gasteiger partial charge in [0.2, 0.25) is 11.7 Å². The number of nitrogens with one attached hydrogen (secondary N) is 1. The van der Waals surface area contributed by atoms with E-state index in [2.05, 4.69) is 15.5 Å². The summed E-state index contributed by atoms with van der Waals surface area (Å²) in [4.78, 5) is 25.1. The molecule has 2 N–H and O–H groups in total. The standard InChI is InChI=1S/C22H24N4O6S/c1-26-18(11-19(28)23-13-5-7-14(30-2)8-6-13)24-25-22(26)33-12-16(27)15-9-10-17(31-3)20(29)21(15)32-4/h5-10,29H,11-12H2,1-4H3,(H,23,28). The number of anilines is 1. The molecular formula is C22H24N4O6S. The number of phenols is 1. The van der Waals surface area contributed by atoms with Crippen LogP contribution in [0.3, 0.4) is 0 Å². The Kier molecular flexibility index (Phi) is 7.78. The Labute approximate surface area is 194 Å². The van der Waals surface area contributed by atoms with Crippen molar-refractivity contribution in [3.8, 4) is 23.0 Å². The van der Waals surface area contributed by atoms with Gasteiger partial charge in [0.15, 0.2) is 22.4 Å². The van der Waals surface area contributed by atoms with Gasteiger partial charge in [0.05, 0.1) is 39.1 Å². The molecule has 0 fully saturated rings. The van der Waals surface area contributed by atoms with Crippen molar-refractivity contribution in [2.75, 3.05) is 32.4 Å². The van der Waals surface area contributed by atoms with E-state index in [1.54, 1.807) is 43.0 Å². The molecule has 0 bridgehead atoms. The molecule has 3 rings (SSSR count). The highest BCUT2D eigenvalue weighted by Crippen LogP contribution is 2.39. The molecule has 0 saturated carbocycles. The van der Waals surface area contributed by atoms with Crippen LogP contribution >= 0.6 is 11.8 Å². The molecule has 3 aromatic rings. The number of methoxy groups -OCH3 is 3. The first-order valence-corrected chi connectivity index (χ1v) is 10.8. The molecule has 0 aliphatic rings. The molecule has 0 unspecified atom stereocenters. The number of hydrogen-bond acceptors (Lipinski definition) is 9. The van der Waals surface area contributed by atoms with Crippen molar-refractivity contribution in [1.29, 1.82) is 0 Å². The molecule has 0 aliphatic carbocycles. The van der Waals surface area contributed by atoms with Crippen LogP contribution in [0, 0.1) is 0 Å². The Morgan fingerprint density at radius 1 is 1.03 bits per heavy atom. The van der Waals surface area contributed by atoms with Gasteiger partial charge in [-0.2, -0.15) is 0 Å². The first-order valence-electron chi connectivity index (χ1n) is 9.80. The van der Waals surface area contributed by atoms with Crippen LogP contribution in [-0.2, 0) is 18.3 Å². The first kappa shape index (κ1) is 23.9. The number of hydrogen-bond donors (Lipinski definition) is 2. The molecule has 0 saturated heterocycles. The SMILES string of the molecule is COc1ccc(NC(=O)Cc2nnc(SCC(=O)c3ccc(OC)c(O)c3OC)n2C)cc1. The number of amides is 1. The van der Waals surface area contributed by atoms with E-state index in [0.717, 1.165) is 0 Å². The molecule has 0 spiro atoms. The van der Waals surface area contributed by atoms with E-state index in [9.17, 15) is 14.7 Å². The fourth-order valence-corrected chi connectivity index (χ4v) is 3.81. The van der Waals surface area contributed by atoms with Gasteiger partial charge in [0.25, 0.3) is 0 Å². The summed E-state index contributed by atoms with van der Waals surface area (Å²) in [6, 6.07) is 10.0. The number of thioether (sulfide) groups is 1. The number of nitrogens with zero attached hydrogens (tertiary/aromatic N) is 3. The molecule has 1 aromatic heterocycles. The zero-order valence-corrected chi connectivity index (χ0v) is 19.4. The van der Waals surface area contributed by atoms with Gasteiger partial charge in [-0.1, -0.05) is 11.8 Å². The molecule has 0 radical (unpaired) electrons. The van der Waals surface area contributed by atoms with Crippen LogP contribution in [0.1, 0.15) is 16.2 Å². The molecule has 0 atom stereocenters. The summed E-state index contributed by atoms with van der Waals surface area (Å²) < 4.78 is 17.0. The number of aromatic hydroxyl groups is 1. The van der Waals surface area contributed by atoms with E-state index in [0.29, 0.717) is 22.4 Å². The van der Waals surface area contributed by atoms with Crippen molar-refractivity contribution in [2.24, 2.45) is 7.05 Å². The maximum absolute atomic E-state index is 12.7. The van der Waals surface area contributed by atoms with E-state index < -0.39 is 0 Å². The molecule has 10 nitrogen and oxygen atoms in total. The fourth-order valence-electron chi connectivity index (χ4n) is 3.00. The van der Waals surface area contributed by atoms with Crippen molar-refractivity contribution in [3.05, 3.63) is 47.8 Å². The molecule has 1 heterocycles. The summed E-state index contributed by atoms with van der Waals surface area (Å²) in [5.41, 5.74) is 0.865. The third-order valence-electron chi connectivity index (χ3n) is 4.77. The highest BCUT2D eigenvalue weighted by Gasteiger charge is 2.21. The Balaban J connectivity index is 1.62. The number of benzene rings is 2. The van der Waals surface area contributed by atoms with Gasteiger partial charge in [0, 0.05) is 12.7 Å². The van der Waals surface area contributed by atoms with Crippen molar-refractivity contribution in [2.45, 2.75) is 11.6 Å². The van der Waals surface area contributed by atoms with Gasteiger partial charge < -0.3 is 29.2 Å². The lowest BCUT2D eigenvalue weighted by Crippen LogP contribution is -2.17. The van der Waals surface area contributed by atoms with Crippen molar-refractivity contribution >= 4 is 29.1 Å². The van der Waals surface area contributed by atoms with Crippen LogP contribution in [-0.4, -0.2) is 58.6 Å². The van der Waals surface area contributed by atoms with E-state index in [1.807, 2.05) is 0 Å². The van der Waals surface area contributed by atoms with Crippen LogP contribution < -0.4 is 19.5 Å². The maximum Gasteiger partial charge on any atom is 0.232 e. The van der Waals surface area contributed by atoms with Gasteiger partial charge in [-0.25, -0.2) is 0 Å². The zero-order valence-electron chi connectivity index (χ0n) is 18.6.